The first-order valence-corrected chi connectivity index (χ1v) is 22.2. The molecule has 2 atom stereocenters. The van der Waals surface area contributed by atoms with Crippen molar-refractivity contribution in [2.75, 3.05) is 0 Å². The number of benzene rings is 8. The van der Waals surface area contributed by atoms with Gasteiger partial charge in [-0.2, -0.15) is 0 Å². The summed E-state index contributed by atoms with van der Waals surface area (Å²) in [5, 5.41) is 1.11. The Morgan fingerprint density at radius 1 is 0.242 bits per heavy atom. The Kier molecular flexibility index (Phi) is 8.84. The average Bonchev–Trinajstić information content (AvgIpc) is 3.40. The lowest BCUT2D eigenvalue weighted by Gasteiger charge is -2.42. The van der Waals surface area contributed by atoms with Crippen molar-refractivity contribution in [2.24, 2.45) is 0 Å². The molecule has 308 valence electrons. The normalized spacial score (nSPS) is 14.4. The van der Waals surface area contributed by atoms with Gasteiger partial charge in [0.05, 0.1) is 5.52 Å². The van der Waals surface area contributed by atoms with Crippen molar-refractivity contribution >= 4 is 10.9 Å². The maximum absolute atomic E-state index is 5.20. The summed E-state index contributed by atoms with van der Waals surface area (Å²) in [5.41, 5.74) is 16.7. The van der Waals surface area contributed by atoms with Gasteiger partial charge in [-0.05, 0) is 74.8 Å². The molecule has 3 aliphatic carbocycles. The lowest BCUT2D eigenvalue weighted by Crippen LogP contribution is -2.27. The minimum Gasteiger partial charge on any atom is -0.256 e. The van der Waals surface area contributed by atoms with Gasteiger partial charge in [-0.3, -0.25) is 4.98 Å². The maximum Gasteiger partial charge on any atom is 0.164 e. The zero-order valence-corrected chi connectivity index (χ0v) is 35.5. The van der Waals surface area contributed by atoms with Crippen molar-refractivity contribution in [3.63, 3.8) is 0 Å². The molecule has 66 heavy (non-hydrogen) atoms. The highest BCUT2D eigenvalue weighted by Gasteiger charge is 2.41. The summed E-state index contributed by atoms with van der Waals surface area (Å²) in [4.78, 5) is 35.0. The highest BCUT2D eigenvalue weighted by Crippen LogP contribution is 2.56. The SMILES string of the molecule is c1ccc(-c2nc(-c3ccccc3)nc(-c3ccc4c(c3)C3c5ccccc5C4c4cc(-c5nc(-c6ccccc6)nc(-c6ccc(-c7ccc8ncccc8c7)cc6)n5)ccc43)n2)cc1. The molecule has 3 aliphatic rings. The van der Waals surface area contributed by atoms with Crippen molar-refractivity contribution in [2.45, 2.75) is 11.8 Å². The van der Waals surface area contributed by atoms with Crippen LogP contribution in [0.5, 0.6) is 0 Å². The fourth-order valence-electron chi connectivity index (χ4n) is 9.85. The van der Waals surface area contributed by atoms with Gasteiger partial charge in [0.25, 0.3) is 0 Å². The first-order valence-electron chi connectivity index (χ1n) is 22.2. The van der Waals surface area contributed by atoms with Gasteiger partial charge in [-0.1, -0.05) is 176 Å². The monoisotopic (exact) mass is 843 g/mol. The van der Waals surface area contributed by atoms with Gasteiger partial charge >= 0.3 is 0 Å². The topological polar surface area (TPSA) is 90.2 Å². The number of hydrogen-bond donors (Lipinski definition) is 0. The smallest absolute Gasteiger partial charge is 0.164 e. The van der Waals surface area contributed by atoms with Crippen LogP contribution in [0.4, 0.5) is 0 Å². The molecule has 11 aromatic rings. The van der Waals surface area contributed by atoms with E-state index in [1.54, 1.807) is 0 Å². The van der Waals surface area contributed by atoms with E-state index in [-0.39, 0.29) is 11.8 Å². The molecule has 0 spiro atoms. The summed E-state index contributed by atoms with van der Waals surface area (Å²) < 4.78 is 0. The third kappa shape index (κ3) is 6.48. The molecule has 0 saturated carbocycles. The van der Waals surface area contributed by atoms with Crippen molar-refractivity contribution < 1.29 is 0 Å². The van der Waals surface area contributed by atoms with Gasteiger partial charge in [0.2, 0.25) is 0 Å². The Hall–Kier alpha value is -8.81. The van der Waals surface area contributed by atoms with Crippen LogP contribution in [-0.2, 0) is 0 Å². The Morgan fingerprint density at radius 2 is 0.606 bits per heavy atom. The van der Waals surface area contributed by atoms with E-state index < -0.39 is 0 Å². The molecule has 0 aliphatic heterocycles. The summed E-state index contributed by atoms with van der Waals surface area (Å²) in [7, 11) is 0. The van der Waals surface area contributed by atoms with Crippen LogP contribution >= 0.6 is 0 Å². The molecule has 0 fully saturated rings. The van der Waals surface area contributed by atoms with Crippen LogP contribution in [0, 0.1) is 0 Å². The second-order valence-electron chi connectivity index (χ2n) is 16.9. The molecule has 14 rings (SSSR count). The summed E-state index contributed by atoms with van der Waals surface area (Å²) >= 11 is 0. The standard InChI is InChI=1S/C59H37N7/c1-4-13-37(14-5-1)54-61-55(38-15-6-2-7-16-38)64-58(63-54)43-26-29-47-49(34-43)52-45-20-10-11-21-46(45)53(47)50-35-44(27-30-48(50)52)59-65-56(39-17-8-3-9-18-39)62-57(66-59)40-24-22-36(23-25-40)41-28-31-51-42(33-41)19-12-32-60-51/h1-35,52-53H. The minimum absolute atomic E-state index is 0.0247. The third-order valence-electron chi connectivity index (χ3n) is 13.0. The molecule has 3 aromatic heterocycles. The minimum atomic E-state index is 0.0247. The third-order valence-corrected chi connectivity index (χ3v) is 13.0. The van der Waals surface area contributed by atoms with Crippen molar-refractivity contribution in [1.82, 2.24) is 34.9 Å². The van der Waals surface area contributed by atoms with Crippen LogP contribution in [0.15, 0.2) is 212 Å². The summed E-state index contributed by atoms with van der Waals surface area (Å²) in [6, 6.07) is 71.8. The molecule has 8 aromatic carbocycles. The van der Waals surface area contributed by atoms with Gasteiger partial charge in [-0.25, -0.2) is 29.9 Å². The van der Waals surface area contributed by atoms with Crippen LogP contribution in [0.3, 0.4) is 0 Å². The van der Waals surface area contributed by atoms with Crippen LogP contribution in [-0.4, -0.2) is 34.9 Å². The molecular formula is C59H37N7. The first kappa shape index (κ1) is 37.7. The van der Waals surface area contributed by atoms with Crippen LogP contribution in [0.1, 0.15) is 45.2 Å². The van der Waals surface area contributed by atoms with Crippen molar-refractivity contribution in [1.29, 1.82) is 0 Å². The van der Waals surface area contributed by atoms with E-state index in [1.165, 1.54) is 33.4 Å². The summed E-state index contributed by atoms with van der Waals surface area (Å²) in [6.07, 6.45) is 1.83. The molecule has 3 heterocycles. The first-order chi connectivity index (χ1) is 32.7. The number of aromatic nitrogens is 7. The molecule has 2 bridgehead atoms. The Balaban J connectivity index is 0.904. The van der Waals surface area contributed by atoms with Gasteiger partial charge in [0.1, 0.15) is 0 Å². The largest absolute Gasteiger partial charge is 0.256 e. The van der Waals surface area contributed by atoms with E-state index >= 15 is 0 Å². The predicted molar refractivity (Wildman–Crippen MR) is 261 cm³/mol. The number of pyridine rings is 1. The maximum atomic E-state index is 5.20. The summed E-state index contributed by atoms with van der Waals surface area (Å²) in [6.45, 7) is 0. The van der Waals surface area contributed by atoms with Crippen LogP contribution in [0.25, 0.3) is 90.4 Å². The van der Waals surface area contributed by atoms with Crippen molar-refractivity contribution in [3.05, 3.63) is 246 Å². The molecule has 7 nitrogen and oxygen atoms in total. The zero-order valence-electron chi connectivity index (χ0n) is 35.5. The van der Waals surface area contributed by atoms with Crippen molar-refractivity contribution in [3.8, 4) is 79.5 Å². The number of hydrogen-bond acceptors (Lipinski definition) is 7. The lowest BCUT2D eigenvalue weighted by molar-refractivity contribution is 0.754. The molecular weight excluding hydrogens is 807 g/mol. The molecule has 0 saturated heterocycles. The van der Waals surface area contributed by atoms with E-state index in [0.717, 1.165) is 55.4 Å². The molecule has 0 N–H and O–H groups in total. The zero-order chi connectivity index (χ0) is 43.6. The second kappa shape index (κ2) is 15.5. The molecule has 0 amide bonds. The van der Waals surface area contributed by atoms with Gasteiger partial charge in [0, 0.05) is 56.8 Å². The van der Waals surface area contributed by atoms with Gasteiger partial charge in [0.15, 0.2) is 34.9 Å². The fraction of sp³-hybridized carbons (Fsp3) is 0.0339. The van der Waals surface area contributed by atoms with E-state index in [2.05, 4.69) is 126 Å². The highest BCUT2D eigenvalue weighted by atomic mass is 15.0. The molecule has 2 unspecified atom stereocenters. The summed E-state index contributed by atoms with van der Waals surface area (Å²) in [5.74, 6) is 3.89. The second-order valence-corrected chi connectivity index (χ2v) is 16.9. The number of nitrogens with zero attached hydrogens (tertiary/aromatic N) is 7. The Labute approximate surface area is 381 Å². The highest BCUT2D eigenvalue weighted by molar-refractivity contribution is 5.85. The Bertz CT molecular complexity index is 3590. The van der Waals surface area contributed by atoms with Crippen LogP contribution < -0.4 is 0 Å². The van der Waals surface area contributed by atoms with Gasteiger partial charge in [-0.15, -0.1) is 0 Å². The van der Waals surface area contributed by atoms with E-state index in [0.29, 0.717) is 34.9 Å². The van der Waals surface area contributed by atoms with Crippen LogP contribution in [0.2, 0.25) is 0 Å². The van der Waals surface area contributed by atoms with E-state index in [9.17, 15) is 0 Å². The average molecular weight is 844 g/mol. The quantitative estimate of drug-likeness (QED) is 0.158. The number of fused-ring (bicyclic) bond motifs is 1. The Morgan fingerprint density at radius 3 is 1.08 bits per heavy atom. The van der Waals surface area contributed by atoms with E-state index in [1.807, 2.05) is 91.1 Å². The lowest BCUT2D eigenvalue weighted by atomic mass is 9.61. The van der Waals surface area contributed by atoms with E-state index in [4.69, 9.17) is 29.9 Å². The molecule has 7 heteroatoms. The molecule has 0 radical (unpaired) electrons. The number of rotatable bonds is 7. The van der Waals surface area contributed by atoms with Gasteiger partial charge < -0.3 is 0 Å². The predicted octanol–water partition coefficient (Wildman–Crippen LogP) is 13.3. The fourth-order valence-corrected chi connectivity index (χ4v) is 9.85.